The highest BCUT2D eigenvalue weighted by Gasteiger charge is 1.96. The highest BCUT2D eigenvalue weighted by Crippen LogP contribution is 2.24. The minimum absolute atomic E-state index is 0.000988. The third kappa shape index (κ3) is 1.50. The van der Waals surface area contributed by atoms with E-state index < -0.39 is 0 Å². The molecule has 0 fully saturated rings. The Morgan fingerprint density at radius 1 is 1.44 bits per heavy atom. The maximum Gasteiger partial charge on any atom is 0.134 e. The Morgan fingerprint density at radius 2 is 2.11 bits per heavy atom. The Kier molecular flexibility index (Phi) is 1.84. The highest BCUT2D eigenvalue weighted by atomic mass is 35.5. The van der Waals surface area contributed by atoms with Crippen molar-refractivity contribution in [3.8, 4) is 5.75 Å². The molecule has 1 aromatic carbocycles. The summed E-state index contributed by atoms with van der Waals surface area (Å²) in [5.41, 5.74) is 0. The number of aromatic hydroxyl groups is 1. The molecule has 0 aromatic heterocycles. The van der Waals surface area contributed by atoms with Gasteiger partial charge in [-0.3, -0.25) is 0 Å². The molecule has 0 bridgehead atoms. The van der Waals surface area contributed by atoms with Gasteiger partial charge in [0.15, 0.2) is 0 Å². The predicted molar refractivity (Wildman–Crippen MR) is 37.0 cm³/mol. The standard InChI is InChI=1S/C6H3Cl2O/c7-4-1-2-6(9)5(8)3-4/h2-3,9H. The fourth-order valence-electron chi connectivity index (χ4n) is 0.433. The van der Waals surface area contributed by atoms with E-state index in [4.69, 9.17) is 28.3 Å². The molecule has 1 nitrogen and oxygen atoms in total. The molecule has 1 radical (unpaired) electrons. The predicted octanol–water partition coefficient (Wildman–Crippen LogP) is 2.50. The molecule has 0 aliphatic carbocycles. The van der Waals surface area contributed by atoms with Crippen LogP contribution in [0.5, 0.6) is 5.75 Å². The lowest BCUT2D eigenvalue weighted by Gasteiger charge is -1.93. The van der Waals surface area contributed by atoms with Gasteiger partial charge >= 0.3 is 0 Å². The van der Waals surface area contributed by atoms with E-state index in [0.29, 0.717) is 5.02 Å². The van der Waals surface area contributed by atoms with Crippen molar-refractivity contribution < 1.29 is 5.11 Å². The summed E-state index contributed by atoms with van der Waals surface area (Å²) in [6.45, 7) is 0. The van der Waals surface area contributed by atoms with E-state index >= 15 is 0 Å². The van der Waals surface area contributed by atoms with E-state index in [9.17, 15) is 0 Å². The van der Waals surface area contributed by atoms with Gasteiger partial charge in [0.2, 0.25) is 0 Å². The second-order valence-electron chi connectivity index (χ2n) is 1.51. The molecular weight excluding hydrogens is 159 g/mol. The Balaban J connectivity index is 3.17. The molecule has 47 valence electrons. The molecule has 1 N–H and O–H groups in total. The molecule has 0 spiro atoms. The van der Waals surface area contributed by atoms with Gasteiger partial charge in [-0.15, -0.1) is 0 Å². The van der Waals surface area contributed by atoms with Crippen molar-refractivity contribution in [1.82, 2.24) is 0 Å². The van der Waals surface area contributed by atoms with Crippen molar-refractivity contribution in [3.05, 3.63) is 28.2 Å². The van der Waals surface area contributed by atoms with Gasteiger partial charge in [-0.2, -0.15) is 0 Å². The van der Waals surface area contributed by atoms with Crippen LogP contribution in [0.1, 0.15) is 0 Å². The quantitative estimate of drug-likeness (QED) is 0.621. The summed E-state index contributed by atoms with van der Waals surface area (Å²) in [5, 5.41) is 9.47. The topological polar surface area (TPSA) is 20.2 Å². The van der Waals surface area contributed by atoms with E-state index in [1.807, 2.05) is 0 Å². The van der Waals surface area contributed by atoms with E-state index in [2.05, 4.69) is 6.07 Å². The number of phenolic OH excluding ortho intramolecular Hbond substituents is 1. The number of hydrogen-bond donors (Lipinski definition) is 1. The number of rotatable bonds is 0. The molecule has 1 aromatic rings. The zero-order chi connectivity index (χ0) is 6.85. The summed E-state index contributed by atoms with van der Waals surface area (Å²) in [5.74, 6) is 0.000988. The average Bonchev–Trinajstić information content (AvgIpc) is 1.80. The molecule has 0 saturated carbocycles. The molecule has 0 atom stereocenters. The first-order valence-corrected chi connectivity index (χ1v) is 3.01. The minimum atomic E-state index is 0.000988. The van der Waals surface area contributed by atoms with Crippen molar-refractivity contribution in [2.45, 2.75) is 0 Å². The van der Waals surface area contributed by atoms with Crippen LogP contribution < -0.4 is 0 Å². The van der Waals surface area contributed by atoms with Crippen LogP contribution in [0.3, 0.4) is 0 Å². The fraction of sp³-hybridized carbons (Fsp3) is 0. The van der Waals surface area contributed by atoms with Gasteiger partial charge < -0.3 is 5.11 Å². The summed E-state index contributed by atoms with van der Waals surface area (Å²) in [7, 11) is 0. The first-order chi connectivity index (χ1) is 4.20. The molecule has 0 aliphatic heterocycles. The minimum Gasteiger partial charge on any atom is -0.506 e. The Labute approximate surface area is 62.8 Å². The molecule has 1 rings (SSSR count). The van der Waals surface area contributed by atoms with E-state index in [0.717, 1.165) is 0 Å². The van der Waals surface area contributed by atoms with Crippen LogP contribution in [-0.4, -0.2) is 5.11 Å². The third-order valence-electron chi connectivity index (χ3n) is 0.845. The summed E-state index contributed by atoms with van der Waals surface area (Å²) in [6, 6.07) is 5.32. The Morgan fingerprint density at radius 3 is 2.56 bits per heavy atom. The van der Waals surface area contributed by atoms with Gasteiger partial charge in [-0.1, -0.05) is 23.2 Å². The largest absolute Gasteiger partial charge is 0.506 e. The summed E-state index contributed by atoms with van der Waals surface area (Å²) in [4.78, 5) is 0. The summed E-state index contributed by atoms with van der Waals surface area (Å²) < 4.78 is 0. The Bertz CT molecular complexity index is 222. The van der Waals surface area contributed by atoms with Crippen LogP contribution in [0.25, 0.3) is 0 Å². The van der Waals surface area contributed by atoms with Crippen LogP contribution in [-0.2, 0) is 0 Å². The zero-order valence-electron chi connectivity index (χ0n) is 4.36. The van der Waals surface area contributed by atoms with Crippen molar-refractivity contribution in [3.63, 3.8) is 0 Å². The third-order valence-corrected chi connectivity index (χ3v) is 1.37. The fourth-order valence-corrected chi connectivity index (χ4v) is 0.816. The van der Waals surface area contributed by atoms with Gasteiger partial charge in [0.25, 0.3) is 0 Å². The number of halogens is 2. The maximum absolute atomic E-state index is 8.82. The van der Waals surface area contributed by atoms with Gasteiger partial charge in [0.1, 0.15) is 5.75 Å². The van der Waals surface area contributed by atoms with Crippen molar-refractivity contribution in [2.75, 3.05) is 0 Å². The normalized spacial score (nSPS) is 9.56. The maximum atomic E-state index is 8.82. The van der Waals surface area contributed by atoms with Gasteiger partial charge in [0, 0.05) is 6.07 Å². The summed E-state index contributed by atoms with van der Waals surface area (Å²) in [6.07, 6.45) is 0. The lowest BCUT2D eigenvalue weighted by Crippen LogP contribution is -1.67. The molecule has 0 unspecified atom stereocenters. The van der Waals surface area contributed by atoms with Gasteiger partial charge in [-0.25, -0.2) is 0 Å². The first-order valence-electron chi connectivity index (χ1n) is 2.26. The second-order valence-corrected chi connectivity index (χ2v) is 2.33. The average molecular weight is 162 g/mol. The van der Waals surface area contributed by atoms with E-state index in [-0.39, 0.29) is 10.8 Å². The molecule has 0 saturated heterocycles. The van der Waals surface area contributed by atoms with Crippen LogP contribution in [0.15, 0.2) is 12.1 Å². The lowest BCUT2D eigenvalue weighted by atomic mass is 10.3. The lowest BCUT2D eigenvalue weighted by molar-refractivity contribution is 0.475. The van der Waals surface area contributed by atoms with Crippen LogP contribution >= 0.6 is 23.2 Å². The number of phenols is 1. The van der Waals surface area contributed by atoms with Crippen molar-refractivity contribution in [1.29, 1.82) is 0 Å². The zero-order valence-corrected chi connectivity index (χ0v) is 5.87. The number of hydrogen-bond acceptors (Lipinski definition) is 1. The molecule has 0 aliphatic rings. The molecule has 0 amide bonds. The molecule has 9 heavy (non-hydrogen) atoms. The van der Waals surface area contributed by atoms with E-state index in [1.165, 1.54) is 12.1 Å². The summed E-state index contributed by atoms with van der Waals surface area (Å²) >= 11 is 10.9. The van der Waals surface area contributed by atoms with Gasteiger partial charge in [-0.05, 0) is 12.1 Å². The van der Waals surface area contributed by atoms with Gasteiger partial charge in [0.05, 0.1) is 10.0 Å². The Hall–Kier alpha value is -0.400. The van der Waals surface area contributed by atoms with E-state index in [1.54, 1.807) is 0 Å². The second kappa shape index (κ2) is 2.46. The van der Waals surface area contributed by atoms with Crippen LogP contribution in [0.2, 0.25) is 10.0 Å². The molecule has 3 heteroatoms. The van der Waals surface area contributed by atoms with Crippen LogP contribution in [0, 0.1) is 6.07 Å². The molecule has 0 heterocycles. The van der Waals surface area contributed by atoms with Crippen LogP contribution in [0.4, 0.5) is 0 Å². The smallest absolute Gasteiger partial charge is 0.134 e. The highest BCUT2D eigenvalue weighted by molar-refractivity contribution is 6.35. The monoisotopic (exact) mass is 161 g/mol. The number of benzene rings is 1. The van der Waals surface area contributed by atoms with Crippen molar-refractivity contribution in [2.24, 2.45) is 0 Å². The van der Waals surface area contributed by atoms with Crippen molar-refractivity contribution >= 4 is 23.2 Å². The SMILES string of the molecule is Oc1c[c]c(Cl)cc1Cl. The first kappa shape index (κ1) is 6.72. The molecular formula is C6H3Cl2O.